The zero-order chi connectivity index (χ0) is 16.7. The van der Waals surface area contributed by atoms with Crippen molar-refractivity contribution in [3.8, 4) is 0 Å². The van der Waals surface area contributed by atoms with Crippen molar-refractivity contribution >= 4 is 11.9 Å². The first-order valence-corrected chi connectivity index (χ1v) is 7.51. The minimum Gasteiger partial charge on any atom is -0.469 e. The van der Waals surface area contributed by atoms with E-state index in [0.717, 1.165) is 12.8 Å². The van der Waals surface area contributed by atoms with Crippen molar-refractivity contribution in [1.29, 1.82) is 0 Å². The highest BCUT2D eigenvalue weighted by Crippen LogP contribution is 2.07. The molecule has 2 rings (SSSR count). The van der Waals surface area contributed by atoms with E-state index in [1.807, 2.05) is 25.1 Å². The Kier molecular flexibility index (Phi) is 5.80. The lowest BCUT2D eigenvalue weighted by atomic mass is 10.1. The minimum absolute atomic E-state index is 0.0113. The van der Waals surface area contributed by atoms with E-state index in [1.165, 1.54) is 11.8 Å². The van der Waals surface area contributed by atoms with Crippen molar-refractivity contribution in [2.24, 2.45) is 0 Å². The number of hydrogen-bond donors (Lipinski definition) is 3. The maximum absolute atomic E-state index is 11.8. The third-order valence-corrected chi connectivity index (χ3v) is 3.48. The number of carbonyl (C=O) groups excluding carboxylic acids is 2. The average molecular weight is 315 g/mol. The van der Waals surface area contributed by atoms with Gasteiger partial charge in [-0.1, -0.05) is 30.3 Å². The minimum atomic E-state index is -0.444. The lowest BCUT2D eigenvalue weighted by molar-refractivity contribution is 0.0934. The lowest BCUT2D eigenvalue weighted by Gasteiger charge is -2.15. The van der Waals surface area contributed by atoms with Crippen molar-refractivity contribution in [1.82, 2.24) is 16.2 Å². The topological polar surface area (TPSA) is 83.4 Å². The zero-order valence-corrected chi connectivity index (χ0v) is 13.3. The number of aryl methyl sites for hydroxylation is 2. The van der Waals surface area contributed by atoms with Crippen LogP contribution in [-0.4, -0.2) is 18.0 Å². The number of furan rings is 1. The molecule has 0 unspecified atom stereocenters. The van der Waals surface area contributed by atoms with Crippen molar-refractivity contribution < 1.29 is 14.0 Å². The lowest BCUT2D eigenvalue weighted by Crippen LogP contribution is -2.49. The number of hydrogen-bond acceptors (Lipinski definition) is 3. The summed E-state index contributed by atoms with van der Waals surface area (Å²) in [5.74, 6) is 0.0873. The van der Waals surface area contributed by atoms with Gasteiger partial charge >= 0.3 is 6.03 Å². The molecular formula is C17H21N3O3. The van der Waals surface area contributed by atoms with Gasteiger partial charge < -0.3 is 9.73 Å². The van der Waals surface area contributed by atoms with Gasteiger partial charge in [-0.3, -0.25) is 10.2 Å². The van der Waals surface area contributed by atoms with Crippen LogP contribution in [0.5, 0.6) is 0 Å². The van der Waals surface area contributed by atoms with Crippen LogP contribution in [0.1, 0.15) is 35.0 Å². The number of carbonyl (C=O) groups is 2. The highest BCUT2D eigenvalue weighted by atomic mass is 16.3. The summed E-state index contributed by atoms with van der Waals surface area (Å²) in [6.07, 6.45) is 3.12. The molecule has 1 heterocycles. The van der Waals surface area contributed by atoms with Crippen LogP contribution in [0.4, 0.5) is 4.79 Å². The van der Waals surface area contributed by atoms with Gasteiger partial charge in [0.1, 0.15) is 5.76 Å². The number of benzene rings is 1. The van der Waals surface area contributed by atoms with Gasteiger partial charge in [0.15, 0.2) is 0 Å². The fraction of sp³-hybridized carbons (Fsp3) is 0.294. The molecule has 23 heavy (non-hydrogen) atoms. The van der Waals surface area contributed by atoms with Crippen LogP contribution in [0.25, 0.3) is 0 Å². The van der Waals surface area contributed by atoms with Gasteiger partial charge in [0.25, 0.3) is 5.91 Å². The Labute approximate surface area is 135 Å². The van der Waals surface area contributed by atoms with Crippen LogP contribution < -0.4 is 16.2 Å². The first-order chi connectivity index (χ1) is 11.1. The molecular weight excluding hydrogens is 294 g/mol. The molecule has 1 aromatic heterocycles. The summed E-state index contributed by atoms with van der Waals surface area (Å²) in [6, 6.07) is 11.2. The molecule has 6 heteroatoms. The SMILES string of the molecule is Cc1occc1C(=O)NNC(=O)N[C@H](C)CCc1ccccc1. The van der Waals surface area contributed by atoms with Crippen LogP contribution in [0.3, 0.4) is 0 Å². The molecule has 0 aliphatic carbocycles. The Morgan fingerprint density at radius 3 is 2.52 bits per heavy atom. The third-order valence-electron chi connectivity index (χ3n) is 3.48. The predicted octanol–water partition coefficient (Wildman–Crippen LogP) is 2.55. The standard InChI is InChI=1S/C17H21N3O3/c1-12(8-9-14-6-4-3-5-7-14)18-17(22)20-19-16(21)15-10-11-23-13(15)2/h3-7,10-12H,8-9H2,1-2H3,(H,19,21)(H2,18,20,22)/t12-/m1/s1. The second kappa shape index (κ2) is 8.03. The molecule has 0 bridgehead atoms. The molecule has 1 atom stereocenters. The highest BCUT2D eigenvalue weighted by Gasteiger charge is 2.13. The van der Waals surface area contributed by atoms with Gasteiger partial charge in [0, 0.05) is 6.04 Å². The molecule has 0 saturated heterocycles. The molecule has 0 fully saturated rings. The van der Waals surface area contributed by atoms with Gasteiger partial charge in [-0.25, -0.2) is 10.2 Å². The molecule has 122 valence electrons. The summed E-state index contributed by atoms with van der Waals surface area (Å²) in [5, 5.41) is 2.78. The highest BCUT2D eigenvalue weighted by molar-refractivity contribution is 5.96. The molecule has 0 saturated carbocycles. The summed E-state index contributed by atoms with van der Waals surface area (Å²) in [6.45, 7) is 3.60. The number of hydrazine groups is 1. The molecule has 3 N–H and O–H groups in total. The van der Waals surface area contributed by atoms with Gasteiger partial charge in [-0.2, -0.15) is 0 Å². The van der Waals surface area contributed by atoms with Gasteiger partial charge in [0.2, 0.25) is 0 Å². The van der Waals surface area contributed by atoms with E-state index in [4.69, 9.17) is 4.42 Å². The summed E-state index contributed by atoms with van der Waals surface area (Å²) >= 11 is 0. The van der Waals surface area contributed by atoms with Crippen molar-refractivity contribution in [3.63, 3.8) is 0 Å². The first kappa shape index (κ1) is 16.6. The molecule has 0 radical (unpaired) electrons. The van der Waals surface area contributed by atoms with Crippen LogP contribution in [0, 0.1) is 6.92 Å². The quantitative estimate of drug-likeness (QED) is 0.741. The van der Waals surface area contributed by atoms with Crippen molar-refractivity contribution in [3.05, 3.63) is 59.5 Å². The molecule has 6 nitrogen and oxygen atoms in total. The maximum atomic E-state index is 11.8. The summed E-state index contributed by atoms with van der Waals surface area (Å²) in [7, 11) is 0. The van der Waals surface area contributed by atoms with Gasteiger partial charge in [-0.15, -0.1) is 0 Å². The Hall–Kier alpha value is -2.76. The first-order valence-electron chi connectivity index (χ1n) is 7.51. The summed E-state index contributed by atoms with van der Waals surface area (Å²) in [5.41, 5.74) is 6.30. The molecule has 0 aliphatic heterocycles. The number of rotatable bonds is 5. The fourth-order valence-electron chi connectivity index (χ4n) is 2.16. The molecule has 3 amide bonds. The van der Waals surface area contributed by atoms with Gasteiger partial charge in [-0.05, 0) is 38.3 Å². The van der Waals surface area contributed by atoms with E-state index in [0.29, 0.717) is 11.3 Å². The van der Waals surface area contributed by atoms with E-state index in [1.54, 1.807) is 13.0 Å². The third kappa shape index (κ3) is 5.18. The Morgan fingerprint density at radius 1 is 1.13 bits per heavy atom. The van der Waals surface area contributed by atoms with Crippen LogP contribution >= 0.6 is 0 Å². The largest absolute Gasteiger partial charge is 0.469 e. The molecule has 0 aliphatic rings. The second-order valence-electron chi connectivity index (χ2n) is 5.37. The number of nitrogens with one attached hydrogen (secondary N) is 3. The van der Waals surface area contributed by atoms with Crippen molar-refractivity contribution in [2.45, 2.75) is 32.7 Å². The maximum Gasteiger partial charge on any atom is 0.333 e. The van der Waals surface area contributed by atoms with Crippen LogP contribution in [-0.2, 0) is 6.42 Å². The Morgan fingerprint density at radius 2 is 1.87 bits per heavy atom. The van der Waals surface area contributed by atoms with Crippen LogP contribution in [0.2, 0.25) is 0 Å². The van der Waals surface area contributed by atoms with Gasteiger partial charge in [0.05, 0.1) is 11.8 Å². The normalized spacial score (nSPS) is 11.6. The monoisotopic (exact) mass is 315 g/mol. The van der Waals surface area contributed by atoms with E-state index in [2.05, 4.69) is 28.3 Å². The summed E-state index contributed by atoms with van der Waals surface area (Å²) in [4.78, 5) is 23.6. The zero-order valence-electron chi connectivity index (χ0n) is 13.3. The second-order valence-corrected chi connectivity index (χ2v) is 5.37. The Bertz CT molecular complexity index is 652. The number of urea groups is 1. The molecule has 1 aromatic carbocycles. The van der Waals surface area contributed by atoms with E-state index in [9.17, 15) is 9.59 Å². The summed E-state index contributed by atoms with van der Waals surface area (Å²) < 4.78 is 5.04. The molecule has 2 aromatic rings. The predicted molar refractivity (Wildman–Crippen MR) is 86.8 cm³/mol. The fourth-order valence-corrected chi connectivity index (χ4v) is 2.16. The molecule has 0 spiro atoms. The average Bonchev–Trinajstić information content (AvgIpc) is 2.98. The van der Waals surface area contributed by atoms with E-state index >= 15 is 0 Å². The van der Waals surface area contributed by atoms with Crippen molar-refractivity contribution in [2.75, 3.05) is 0 Å². The van der Waals surface area contributed by atoms with Crippen LogP contribution in [0.15, 0.2) is 47.1 Å². The van der Waals surface area contributed by atoms with E-state index < -0.39 is 11.9 Å². The number of amides is 3. The smallest absolute Gasteiger partial charge is 0.333 e. The van der Waals surface area contributed by atoms with E-state index in [-0.39, 0.29) is 6.04 Å². The Balaban J connectivity index is 1.70.